The first-order valence-corrected chi connectivity index (χ1v) is 14.0. The third kappa shape index (κ3) is 6.09. The number of carbonyl (C=O) groups is 3. The maximum Gasteiger partial charge on any atom is 0.245 e. The molecule has 4 unspecified atom stereocenters. The number of hydrogen-bond acceptors (Lipinski definition) is 5. The van der Waals surface area contributed by atoms with Gasteiger partial charge < -0.3 is 16.4 Å². The van der Waals surface area contributed by atoms with Gasteiger partial charge >= 0.3 is 0 Å². The molecule has 4 N–H and O–H groups in total. The van der Waals surface area contributed by atoms with Crippen LogP contribution >= 0.6 is 0 Å². The summed E-state index contributed by atoms with van der Waals surface area (Å²) in [4.78, 5) is 45.0. The number of fused-ring (bicyclic) bond motifs is 1. The Labute approximate surface area is 229 Å². The summed E-state index contributed by atoms with van der Waals surface area (Å²) in [5.74, 6) is -1.52. The molecular formula is C32H36N4O3. The number of Topliss-reactive ketones (excluding diaryl/α,β-unsaturated/α-hetero) is 1. The van der Waals surface area contributed by atoms with Gasteiger partial charge in [-0.25, -0.2) is 0 Å². The van der Waals surface area contributed by atoms with Gasteiger partial charge in [0.05, 0.1) is 12.0 Å². The van der Waals surface area contributed by atoms with Gasteiger partial charge in [-0.1, -0.05) is 73.5 Å². The molecule has 3 aromatic rings. The molecule has 1 aromatic heterocycles. The zero-order valence-electron chi connectivity index (χ0n) is 22.1. The summed E-state index contributed by atoms with van der Waals surface area (Å²) in [5, 5.41) is 5.97. The highest BCUT2D eigenvalue weighted by Gasteiger charge is 2.37. The molecule has 202 valence electrons. The zero-order chi connectivity index (χ0) is 27.2. The normalized spacial score (nSPS) is 19.4. The van der Waals surface area contributed by atoms with Gasteiger partial charge in [-0.2, -0.15) is 0 Å². The lowest BCUT2D eigenvalue weighted by molar-refractivity contribution is -0.134. The standard InChI is InChI=1S/C32H36N4O3/c33-28(32(39)35-26-18-8-15-21-10-6-7-17-25(21)26)30(37)29(24-16-9-19-34-20-24)36-31(38)27(23-13-4-5-14-23)22-11-2-1-3-12-22/h1-3,6-7,9-12,16-17,19-20,23,26-29H,4-5,8,13-15,18,33H2,(H,35,39)(H,36,38). The van der Waals surface area contributed by atoms with E-state index in [0.717, 1.165) is 56.1 Å². The van der Waals surface area contributed by atoms with E-state index in [-0.39, 0.29) is 23.8 Å². The smallest absolute Gasteiger partial charge is 0.245 e. The number of carbonyl (C=O) groups excluding carboxylic acids is 3. The average molecular weight is 525 g/mol. The Morgan fingerprint density at radius 1 is 0.821 bits per heavy atom. The summed E-state index contributed by atoms with van der Waals surface area (Å²) in [6.45, 7) is 0. The molecule has 0 saturated heterocycles. The van der Waals surface area contributed by atoms with Crippen molar-refractivity contribution in [3.05, 3.63) is 101 Å². The monoisotopic (exact) mass is 524 g/mol. The van der Waals surface area contributed by atoms with Crippen molar-refractivity contribution in [1.82, 2.24) is 15.6 Å². The fourth-order valence-electron chi connectivity index (χ4n) is 6.16. The van der Waals surface area contributed by atoms with Crippen molar-refractivity contribution in [1.29, 1.82) is 0 Å². The number of benzene rings is 2. The van der Waals surface area contributed by atoms with Crippen molar-refractivity contribution in [2.24, 2.45) is 11.7 Å². The third-order valence-electron chi connectivity index (χ3n) is 8.18. The van der Waals surface area contributed by atoms with E-state index < -0.39 is 23.8 Å². The number of nitrogens with zero attached hydrogens (tertiary/aromatic N) is 1. The molecule has 1 fully saturated rings. The highest BCUT2D eigenvalue weighted by molar-refractivity contribution is 6.09. The predicted molar refractivity (Wildman–Crippen MR) is 150 cm³/mol. The minimum absolute atomic E-state index is 0.195. The van der Waals surface area contributed by atoms with Crippen molar-refractivity contribution < 1.29 is 14.4 Å². The molecule has 0 spiro atoms. The second-order valence-electron chi connectivity index (χ2n) is 10.7. The molecule has 7 heteroatoms. The van der Waals surface area contributed by atoms with Crippen LogP contribution < -0.4 is 16.4 Å². The Bertz CT molecular complexity index is 1290. The van der Waals surface area contributed by atoms with Crippen LogP contribution in [0.3, 0.4) is 0 Å². The number of aryl methyl sites for hydroxylation is 1. The summed E-state index contributed by atoms with van der Waals surface area (Å²) < 4.78 is 0. The molecule has 0 bridgehead atoms. The van der Waals surface area contributed by atoms with Gasteiger partial charge in [-0.15, -0.1) is 0 Å². The molecule has 2 amide bonds. The van der Waals surface area contributed by atoms with Crippen LogP contribution in [0.5, 0.6) is 0 Å². The lowest BCUT2D eigenvalue weighted by Crippen LogP contribution is -2.52. The Hall–Kier alpha value is -3.84. The van der Waals surface area contributed by atoms with Crippen LogP contribution in [0.25, 0.3) is 0 Å². The molecular weight excluding hydrogens is 488 g/mol. The van der Waals surface area contributed by atoms with Crippen LogP contribution in [0.1, 0.15) is 78.8 Å². The van der Waals surface area contributed by atoms with E-state index in [1.54, 1.807) is 18.3 Å². The summed E-state index contributed by atoms with van der Waals surface area (Å²) >= 11 is 0. The second kappa shape index (κ2) is 12.3. The van der Waals surface area contributed by atoms with E-state index in [2.05, 4.69) is 21.7 Å². The van der Waals surface area contributed by atoms with Crippen LogP contribution in [0.4, 0.5) is 0 Å². The minimum Gasteiger partial charge on any atom is -0.348 e. The second-order valence-corrected chi connectivity index (χ2v) is 10.7. The van der Waals surface area contributed by atoms with Crippen molar-refractivity contribution in [3.63, 3.8) is 0 Å². The number of nitrogens with two attached hydrogens (primary N) is 1. The Balaban J connectivity index is 1.36. The van der Waals surface area contributed by atoms with E-state index >= 15 is 0 Å². The van der Waals surface area contributed by atoms with Crippen molar-refractivity contribution in [2.45, 2.75) is 69.0 Å². The van der Waals surface area contributed by atoms with E-state index in [9.17, 15) is 14.4 Å². The van der Waals surface area contributed by atoms with Crippen LogP contribution in [0.15, 0.2) is 79.1 Å². The third-order valence-corrected chi connectivity index (χ3v) is 8.18. The topological polar surface area (TPSA) is 114 Å². The van der Waals surface area contributed by atoms with E-state index in [0.29, 0.717) is 5.56 Å². The number of pyridine rings is 1. The molecule has 4 atom stereocenters. The Kier molecular flexibility index (Phi) is 8.47. The Morgan fingerprint density at radius 3 is 2.28 bits per heavy atom. The maximum atomic E-state index is 13.8. The number of rotatable bonds is 9. The Morgan fingerprint density at radius 2 is 1.54 bits per heavy atom. The molecule has 7 nitrogen and oxygen atoms in total. The highest BCUT2D eigenvalue weighted by atomic mass is 16.2. The predicted octanol–water partition coefficient (Wildman–Crippen LogP) is 4.30. The van der Waals surface area contributed by atoms with Gasteiger partial charge in [-0.05, 0) is 60.8 Å². The molecule has 39 heavy (non-hydrogen) atoms. The largest absolute Gasteiger partial charge is 0.348 e. The van der Waals surface area contributed by atoms with Gasteiger partial charge in [0.15, 0.2) is 5.78 Å². The van der Waals surface area contributed by atoms with E-state index in [4.69, 9.17) is 5.73 Å². The van der Waals surface area contributed by atoms with Gasteiger partial charge in [0.2, 0.25) is 11.8 Å². The molecule has 2 aliphatic carbocycles. The number of amides is 2. The van der Waals surface area contributed by atoms with Crippen LogP contribution in [0.2, 0.25) is 0 Å². The maximum absolute atomic E-state index is 13.8. The van der Waals surface area contributed by atoms with Crippen LogP contribution in [-0.4, -0.2) is 28.6 Å². The fraction of sp³-hybridized carbons (Fsp3) is 0.375. The average Bonchev–Trinajstić information content (AvgIpc) is 3.51. The van der Waals surface area contributed by atoms with Crippen molar-refractivity contribution >= 4 is 17.6 Å². The zero-order valence-corrected chi connectivity index (χ0v) is 22.1. The number of hydrogen-bond donors (Lipinski definition) is 3. The summed E-state index contributed by atoms with van der Waals surface area (Å²) in [7, 11) is 0. The van der Waals surface area contributed by atoms with Crippen LogP contribution in [-0.2, 0) is 20.8 Å². The fourth-order valence-corrected chi connectivity index (χ4v) is 6.16. The van der Waals surface area contributed by atoms with E-state index in [1.165, 1.54) is 11.8 Å². The van der Waals surface area contributed by atoms with E-state index in [1.807, 2.05) is 48.5 Å². The number of nitrogens with one attached hydrogen (secondary N) is 2. The summed E-state index contributed by atoms with van der Waals surface area (Å²) in [5.41, 5.74) is 9.98. The first-order valence-electron chi connectivity index (χ1n) is 14.0. The molecule has 2 aliphatic rings. The molecule has 2 aromatic carbocycles. The quantitative estimate of drug-likeness (QED) is 0.361. The minimum atomic E-state index is -1.44. The van der Waals surface area contributed by atoms with Gasteiger partial charge in [0.1, 0.15) is 12.1 Å². The van der Waals surface area contributed by atoms with Gasteiger partial charge in [-0.3, -0.25) is 19.4 Å². The molecule has 0 aliphatic heterocycles. The molecule has 1 heterocycles. The molecule has 5 rings (SSSR count). The van der Waals surface area contributed by atoms with Crippen LogP contribution in [0, 0.1) is 5.92 Å². The first-order chi connectivity index (χ1) is 19.0. The molecule has 0 radical (unpaired) electrons. The van der Waals surface area contributed by atoms with Gasteiger partial charge in [0, 0.05) is 18.0 Å². The van der Waals surface area contributed by atoms with Gasteiger partial charge in [0.25, 0.3) is 0 Å². The summed E-state index contributed by atoms with van der Waals surface area (Å²) in [6.07, 6.45) is 9.93. The SMILES string of the molecule is NC(C(=O)NC1CCCc2ccccc21)C(=O)C(NC(=O)C(c1ccccc1)C1CCCC1)c1cccnc1. The summed E-state index contributed by atoms with van der Waals surface area (Å²) in [6, 6.07) is 18.5. The number of ketones is 1. The first kappa shape index (κ1) is 26.8. The van der Waals surface area contributed by atoms with Crippen molar-refractivity contribution in [2.75, 3.05) is 0 Å². The molecule has 1 saturated carbocycles. The lowest BCUT2D eigenvalue weighted by Gasteiger charge is -2.29. The van der Waals surface area contributed by atoms with Crippen molar-refractivity contribution in [3.8, 4) is 0 Å². The lowest BCUT2D eigenvalue weighted by atomic mass is 9.83. The highest BCUT2D eigenvalue weighted by Crippen LogP contribution is 2.38. The number of aromatic nitrogens is 1.